The quantitative estimate of drug-likeness (QED) is 0.713. The number of carbonyl (C=O) groups is 1. The third kappa shape index (κ3) is 3.24. The summed E-state index contributed by atoms with van der Waals surface area (Å²) in [6.45, 7) is 0. The van der Waals surface area contributed by atoms with Gasteiger partial charge in [-0.2, -0.15) is 5.10 Å². The zero-order valence-electron chi connectivity index (χ0n) is 14.7. The van der Waals surface area contributed by atoms with Gasteiger partial charge in [0.1, 0.15) is 5.66 Å². The van der Waals surface area contributed by atoms with Crippen molar-refractivity contribution in [2.45, 2.75) is 12.1 Å². The van der Waals surface area contributed by atoms with Gasteiger partial charge in [-0.25, -0.2) is 5.43 Å². The lowest BCUT2D eigenvalue weighted by Crippen LogP contribution is -2.42. The van der Waals surface area contributed by atoms with E-state index in [9.17, 15) is 9.36 Å². The van der Waals surface area contributed by atoms with Gasteiger partial charge in [0.05, 0.1) is 5.71 Å². The van der Waals surface area contributed by atoms with Crippen LogP contribution in [0, 0.1) is 0 Å². The van der Waals surface area contributed by atoms with Gasteiger partial charge in [-0.05, 0) is 5.56 Å². The van der Waals surface area contributed by atoms with E-state index in [2.05, 4.69) is 10.5 Å². The lowest BCUT2D eigenvalue weighted by atomic mass is 10.0. The molecular formula is C22H19N2O2P. The van der Waals surface area contributed by atoms with E-state index in [0.29, 0.717) is 17.0 Å². The Morgan fingerprint density at radius 1 is 0.778 bits per heavy atom. The minimum Gasteiger partial charge on any atom is -0.313 e. The van der Waals surface area contributed by atoms with Crippen molar-refractivity contribution in [2.75, 3.05) is 0 Å². The predicted molar refractivity (Wildman–Crippen MR) is 109 cm³/mol. The molecule has 1 unspecified atom stereocenters. The number of rotatable bonds is 4. The summed E-state index contributed by atoms with van der Waals surface area (Å²) in [4.78, 5) is 12.8. The summed E-state index contributed by atoms with van der Waals surface area (Å²) in [5, 5.41) is 5.60. The van der Waals surface area contributed by atoms with Crippen LogP contribution in [-0.2, 0) is 9.36 Å². The zero-order chi connectivity index (χ0) is 18.7. The molecule has 134 valence electrons. The Labute approximate surface area is 158 Å². The first-order valence-electron chi connectivity index (χ1n) is 8.82. The first kappa shape index (κ1) is 17.4. The van der Waals surface area contributed by atoms with Crippen molar-refractivity contribution in [1.29, 1.82) is 0 Å². The van der Waals surface area contributed by atoms with Crippen LogP contribution in [0.15, 0.2) is 96.1 Å². The van der Waals surface area contributed by atoms with E-state index in [-0.39, 0.29) is 5.91 Å². The molecule has 3 aromatic rings. The molecule has 0 bridgehead atoms. The van der Waals surface area contributed by atoms with E-state index in [1.54, 1.807) is 0 Å². The van der Waals surface area contributed by atoms with Crippen molar-refractivity contribution in [3.05, 3.63) is 96.6 Å². The van der Waals surface area contributed by atoms with E-state index < -0.39 is 12.8 Å². The van der Waals surface area contributed by atoms with Crippen LogP contribution in [0.4, 0.5) is 0 Å². The molecule has 0 saturated carbocycles. The van der Waals surface area contributed by atoms with Crippen LogP contribution in [-0.4, -0.2) is 17.3 Å². The molecule has 5 heteroatoms. The molecule has 3 aromatic carbocycles. The van der Waals surface area contributed by atoms with Crippen molar-refractivity contribution in [1.82, 2.24) is 5.43 Å². The van der Waals surface area contributed by atoms with Gasteiger partial charge in [-0.15, -0.1) is 0 Å². The number of hydrogen-bond donors (Lipinski definition) is 1. The van der Waals surface area contributed by atoms with Gasteiger partial charge in [0.25, 0.3) is 5.91 Å². The van der Waals surface area contributed by atoms with Gasteiger partial charge in [0.15, 0.2) is 7.14 Å². The average Bonchev–Trinajstić information content (AvgIpc) is 2.75. The van der Waals surface area contributed by atoms with Gasteiger partial charge >= 0.3 is 0 Å². The molecule has 1 aliphatic heterocycles. The highest BCUT2D eigenvalue weighted by Crippen LogP contribution is 2.51. The minimum atomic E-state index is -3.21. The Morgan fingerprint density at radius 3 is 1.78 bits per heavy atom. The fraction of sp³-hybridized carbons (Fsp3) is 0.0909. The van der Waals surface area contributed by atoms with Gasteiger partial charge in [-0.3, -0.25) is 4.79 Å². The average molecular weight is 374 g/mol. The highest BCUT2D eigenvalue weighted by atomic mass is 31.2. The van der Waals surface area contributed by atoms with E-state index in [1.165, 1.54) is 0 Å². The maximum absolute atomic E-state index is 14.4. The van der Waals surface area contributed by atoms with Crippen molar-refractivity contribution in [2.24, 2.45) is 5.10 Å². The topological polar surface area (TPSA) is 58.5 Å². The fourth-order valence-electron chi connectivity index (χ4n) is 3.43. The number of nitrogens with one attached hydrogen (secondary N) is 1. The van der Waals surface area contributed by atoms with Crippen molar-refractivity contribution in [3.8, 4) is 0 Å². The molecule has 1 heterocycles. The van der Waals surface area contributed by atoms with Gasteiger partial charge in [-0.1, -0.05) is 91.0 Å². The Kier molecular flexibility index (Phi) is 4.74. The molecule has 1 atom stereocenters. The lowest BCUT2D eigenvalue weighted by molar-refractivity contribution is -0.120. The Hall–Kier alpha value is -2.97. The Morgan fingerprint density at radius 2 is 1.26 bits per heavy atom. The number of hydrogen-bond acceptors (Lipinski definition) is 3. The molecule has 1 N–H and O–H groups in total. The van der Waals surface area contributed by atoms with Crippen LogP contribution in [0.25, 0.3) is 0 Å². The Bertz CT molecular complexity index is 974. The number of amides is 1. The maximum Gasteiger partial charge on any atom is 0.251 e. The van der Waals surface area contributed by atoms with Crippen LogP contribution < -0.4 is 16.0 Å². The summed E-state index contributed by atoms with van der Waals surface area (Å²) in [7, 11) is -3.21. The summed E-state index contributed by atoms with van der Waals surface area (Å²) in [5.74, 6) is -0.300. The molecule has 0 radical (unpaired) electrons. The van der Waals surface area contributed by atoms with Crippen molar-refractivity contribution < 1.29 is 9.36 Å². The zero-order valence-corrected chi connectivity index (χ0v) is 15.6. The molecule has 1 amide bonds. The normalized spacial score (nSPS) is 17.1. The predicted octanol–water partition coefficient (Wildman–Crippen LogP) is 3.29. The standard InChI is InChI=1S/C22H19N2O2P/c25-22-21(16-20(23-24-22)17-10-4-1-5-11-17)27(26,18-12-6-2-7-13-18)19-14-8-3-9-15-19/h1-15,21H,16H2,(H,24,25). The molecule has 27 heavy (non-hydrogen) atoms. The van der Waals surface area contributed by atoms with E-state index >= 15 is 0 Å². The third-order valence-corrected chi connectivity index (χ3v) is 8.24. The molecule has 0 spiro atoms. The van der Waals surface area contributed by atoms with Gasteiger partial charge in [0.2, 0.25) is 0 Å². The van der Waals surface area contributed by atoms with Crippen LogP contribution in [0.1, 0.15) is 12.0 Å². The fourth-order valence-corrected chi connectivity index (χ4v) is 6.50. The molecule has 0 aromatic heterocycles. The monoisotopic (exact) mass is 374 g/mol. The van der Waals surface area contributed by atoms with Crippen LogP contribution in [0.2, 0.25) is 0 Å². The van der Waals surface area contributed by atoms with Crippen molar-refractivity contribution >= 4 is 29.4 Å². The van der Waals surface area contributed by atoms with Crippen LogP contribution in [0.3, 0.4) is 0 Å². The second kappa shape index (κ2) is 7.34. The second-order valence-corrected chi connectivity index (χ2v) is 9.42. The van der Waals surface area contributed by atoms with E-state index in [0.717, 1.165) is 11.3 Å². The molecule has 4 rings (SSSR count). The highest BCUT2D eigenvalue weighted by molar-refractivity contribution is 7.80. The summed E-state index contributed by atoms with van der Waals surface area (Å²) >= 11 is 0. The largest absolute Gasteiger partial charge is 0.313 e. The van der Waals surface area contributed by atoms with Gasteiger partial charge < -0.3 is 4.57 Å². The van der Waals surface area contributed by atoms with E-state index in [4.69, 9.17) is 0 Å². The SMILES string of the molecule is O=C1NN=C(c2ccccc2)CC1P(=O)(c1ccccc1)c1ccccc1. The maximum atomic E-state index is 14.4. The number of hydrazone groups is 1. The first-order valence-corrected chi connectivity index (χ1v) is 10.6. The van der Waals surface area contributed by atoms with Crippen molar-refractivity contribution in [3.63, 3.8) is 0 Å². The number of benzene rings is 3. The number of nitrogens with zero attached hydrogens (tertiary/aromatic N) is 1. The summed E-state index contributed by atoms with van der Waals surface area (Å²) < 4.78 is 14.4. The molecule has 0 saturated heterocycles. The third-order valence-electron chi connectivity index (χ3n) is 4.82. The number of carbonyl (C=O) groups excluding carboxylic acids is 1. The molecular weight excluding hydrogens is 355 g/mol. The summed E-state index contributed by atoms with van der Waals surface area (Å²) in [5.41, 5.74) is 3.57. The smallest absolute Gasteiger partial charge is 0.251 e. The van der Waals surface area contributed by atoms with Gasteiger partial charge in [0, 0.05) is 17.0 Å². The summed E-state index contributed by atoms with van der Waals surface area (Å²) in [6, 6.07) is 28.3. The minimum absolute atomic E-state index is 0.300. The van der Waals surface area contributed by atoms with Crippen LogP contribution >= 0.6 is 7.14 Å². The van der Waals surface area contributed by atoms with E-state index in [1.807, 2.05) is 91.0 Å². The van der Waals surface area contributed by atoms with Crippen LogP contribution in [0.5, 0.6) is 0 Å². The second-order valence-electron chi connectivity index (χ2n) is 6.45. The molecule has 1 aliphatic rings. The Balaban J connectivity index is 1.82. The molecule has 0 aliphatic carbocycles. The molecule has 0 fully saturated rings. The highest BCUT2D eigenvalue weighted by Gasteiger charge is 2.43. The molecule has 4 nitrogen and oxygen atoms in total. The lowest BCUT2D eigenvalue weighted by Gasteiger charge is -2.30. The summed E-state index contributed by atoms with van der Waals surface area (Å²) in [6.07, 6.45) is 0.330. The first-order chi connectivity index (χ1) is 13.2.